The van der Waals surface area contributed by atoms with Crippen molar-refractivity contribution in [1.82, 2.24) is 14.7 Å². The monoisotopic (exact) mass is 299 g/mol. The largest absolute Gasteiger partial charge is 0.480 e. The molecule has 2 heterocycles. The van der Waals surface area contributed by atoms with Gasteiger partial charge in [-0.1, -0.05) is 6.92 Å². The van der Waals surface area contributed by atoms with Gasteiger partial charge in [0.1, 0.15) is 12.2 Å². The van der Waals surface area contributed by atoms with Crippen molar-refractivity contribution in [3.8, 4) is 0 Å². The number of piperazine rings is 1. The lowest BCUT2D eigenvalue weighted by molar-refractivity contribution is -0.160. The Morgan fingerprint density at radius 2 is 1.95 bits per heavy atom. The zero-order valence-electron chi connectivity index (χ0n) is 13.0. The van der Waals surface area contributed by atoms with Gasteiger partial charge in [-0.05, 0) is 20.4 Å². The number of urea groups is 1. The van der Waals surface area contributed by atoms with Crippen LogP contribution in [0.3, 0.4) is 0 Å². The van der Waals surface area contributed by atoms with Crippen LogP contribution in [0.25, 0.3) is 0 Å². The topological polar surface area (TPSA) is 73.3 Å². The lowest BCUT2D eigenvalue weighted by Gasteiger charge is -2.50. The molecule has 0 bridgehead atoms. The minimum Gasteiger partial charge on any atom is -0.480 e. The molecule has 2 aliphatic heterocycles. The zero-order chi connectivity index (χ0) is 15.6. The van der Waals surface area contributed by atoms with Crippen molar-refractivity contribution in [3.63, 3.8) is 0 Å². The van der Waals surface area contributed by atoms with Crippen LogP contribution >= 0.6 is 0 Å². The average Bonchev–Trinajstić information content (AvgIpc) is 2.42. The maximum Gasteiger partial charge on any atom is 0.329 e. The van der Waals surface area contributed by atoms with Crippen LogP contribution in [0.4, 0.5) is 4.79 Å². The van der Waals surface area contributed by atoms with E-state index < -0.39 is 11.6 Å². The molecule has 0 aliphatic carbocycles. The van der Waals surface area contributed by atoms with Gasteiger partial charge in [0, 0.05) is 25.7 Å². The van der Waals surface area contributed by atoms with Gasteiger partial charge in [0.15, 0.2) is 0 Å². The summed E-state index contributed by atoms with van der Waals surface area (Å²) in [5.41, 5.74) is -0.523. The Balaban J connectivity index is 1.82. The third-order valence-electron chi connectivity index (χ3n) is 4.38. The molecule has 0 aromatic heterocycles. The van der Waals surface area contributed by atoms with Crippen molar-refractivity contribution in [2.45, 2.75) is 31.9 Å². The molecule has 7 nitrogen and oxygen atoms in total. The Hall–Kier alpha value is -1.34. The Labute approximate surface area is 125 Å². The molecule has 2 rings (SSSR count). The molecule has 0 spiro atoms. The molecule has 2 amide bonds. The third-order valence-corrected chi connectivity index (χ3v) is 4.38. The number of likely N-dealkylation sites (tertiary alicyclic amines) is 1. The normalized spacial score (nSPS) is 25.6. The number of rotatable bonds is 4. The van der Waals surface area contributed by atoms with E-state index in [1.807, 2.05) is 11.8 Å². The lowest BCUT2D eigenvalue weighted by Crippen LogP contribution is -2.67. The molecule has 0 aromatic carbocycles. The van der Waals surface area contributed by atoms with E-state index in [4.69, 9.17) is 9.84 Å². The van der Waals surface area contributed by atoms with Crippen molar-refractivity contribution >= 4 is 12.0 Å². The molecule has 2 fully saturated rings. The number of carbonyl (C=O) groups is 2. The van der Waals surface area contributed by atoms with E-state index >= 15 is 0 Å². The van der Waals surface area contributed by atoms with E-state index in [1.54, 1.807) is 4.90 Å². The molecule has 120 valence electrons. The number of likely N-dealkylation sites (N-methyl/N-ethyl adjacent to an activating group) is 1. The number of carboxylic acid groups (broad SMARTS) is 1. The van der Waals surface area contributed by atoms with Crippen molar-refractivity contribution in [1.29, 1.82) is 0 Å². The molecule has 1 N–H and O–H groups in total. The third kappa shape index (κ3) is 3.65. The summed E-state index contributed by atoms with van der Waals surface area (Å²) < 4.78 is 5.33. The first kappa shape index (κ1) is 16.0. The molecule has 0 aromatic rings. The van der Waals surface area contributed by atoms with Crippen LogP contribution < -0.4 is 0 Å². The Morgan fingerprint density at radius 1 is 1.29 bits per heavy atom. The Morgan fingerprint density at radius 3 is 2.52 bits per heavy atom. The van der Waals surface area contributed by atoms with Crippen LogP contribution in [0.15, 0.2) is 0 Å². The molecule has 0 saturated carbocycles. The maximum absolute atomic E-state index is 12.4. The van der Waals surface area contributed by atoms with Crippen LogP contribution in [0, 0.1) is 0 Å². The van der Waals surface area contributed by atoms with Gasteiger partial charge < -0.3 is 19.6 Å². The number of hydrogen-bond acceptors (Lipinski definition) is 4. The van der Waals surface area contributed by atoms with Crippen LogP contribution in [0.1, 0.15) is 20.3 Å². The first-order valence-corrected chi connectivity index (χ1v) is 7.44. The predicted molar refractivity (Wildman–Crippen MR) is 77.2 cm³/mol. The molecular formula is C14H25N3O4. The lowest BCUT2D eigenvalue weighted by atomic mass is 9.96. The smallest absolute Gasteiger partial charge is 0.329 e. The maximum atomic E-state index is 12.4. The van der Waals surface area contributed by atoms with Crippen LogP contribution in [0.5, 0.6) is 0 Å². The highest BCUT2D eigenvalue weighted by Gasteiger charge is 2.44. The summed E-state index contributed by atoms with van der Waals surface area (Å²) in [6.07, 6.45) is 1.03. The molecule has 21 heavy (non-hydrogen) atoms. The second kappa shape index (κ2) is 6.19. The first-order chi connectivity index (χ1) is 9.84. The SMILES string of the molecule is CCC1CN(C(=O)N2CC(C)(OCC(=O)O)C2)CCN1C. The van der Waals surface area contributed by atoms with E-state index in [0.29, 0.717) is 19.1 Å². The minimum atomic E-state index is -0.981. The summed E-state index contributed by atoms with van der Waals surface area (Å²) in [7, 11) is 2.09. The number of carboxylic acids is 1. The highest BCUT2D eigenvalue weighted by atomic mass is 16.5. The summed E-state index contributed by atoms with van der Waals surface area (Å²) in [4.78, 5) is 28.9. The van der Waals surface area contributed by atoms with E-state index in [-0.39, 0.29) is 12.6 Å². The van der Waals surface area contributed by atoms with Gasteiger partial charge in [-0.2, -0.15) is 0 Å². The van der Waals surface area contributed by atoms with Gasteiger partial charge in [-0.15, -0.1) is 0 Å². The molecule has 2 saturated heterocycles. The Kier molecular flexibility index (Phi) is 4.73. The highest BCUT2D eigenvalue weighted by Crippen LogP contribution is 2.26. The predicted octanol–water partition coefficient (Wildman–Crippen LogP) is 0.308. The molecule has 1 atom stereocenters. The van der Waals surface area contributed by atoms with E-state index in [2.05, 4.69) is 18.9 Å². The van der Waals surface area contributed by atoms with Gasteiger partial charge in [-0.25, -0.2) is 9.59 Å². The second-order valence-electron chi connectivity index (χ2n) is 6.26. The van der Waals surface area contributed by atoms with Crippen LogP contribution in [0.2, 0.25) is 0 Å². The first-order valence-electron chi connectivity index (χ1n) is 7.44. The summed E-state index contributed by atoms with van der Waals surface area (Å²) >= 11 is 0. The summed E-state index contributed by atoms with van der Waals surface area (Å²) in [6.45, 7) is 6.98. The number of aliphatic carboxylic acids is 1. The number of hydrogen-bond donors (Lipinski definition) is 1. The fourth-order valence-electron chi connectivity index (χ4n) is 2.98. The number of carbonyl (C=O) groups excluding carboxylic acids is 1. The standard InChI is InChI=1S/C14H25N3O4/c1-4-11-7-16(6-5-15(11)3)13(20)17-9-14(2,10-17)21-8-12(18)19/h11H,4-10H2,1-3H3,(H,18,19). The van der Waals surface area contributed by atoms with E-state index in [0.717, 1.165) is 26.1 Å². The fraction of sp³-hybridized carbons (Fsp3) is 0.857. The molecular weight excluding hydrogens is 274 g/mol. The summed E-state index contributed by atoms with van der Waals surface area (Å²) in [5.74, 6) is -0.981. The van der Waals surface area contributed by atoms with Crippen molar-refractivity contribution in [2.75, 3.05) is 46.4 Å². The fourth-order valence-corrected chi connectivity index (χ4v) is 2.98. The quantitative estimate of drug-likeness (QED) is 0.808. The van der Waals surface area contributed by atoms with Crippen LogP contribution in [-0.4, -0.2) is 89.8 Å². The van der Waals surface area contributed by atoms with Gasteiger partial charge in [-0.3, -0.25) is 4.90 Å². The van der Waals surface area contributed by atoms with Crippen molar-refractivity contribution in [2.24, 2.45) is 0 Å². The molecule has 2 aliphatic rings. The van der Waals surface area contributed by atoms with E-state index in [1.165, 1.54) is 0 Å². The molecule has 1 unspecified atom stereocenters. The van der Waals surface area contributed by atoms with Gasteiger partial charge in [0.25, 0.3) is 0 Å². The number of ether oxygens (including phenoxy) is 1. The number of nitrogens with zero attached hydrogens (tertiary/aromatic N) is 3. The highest BCUT2D eigenvalue weighted by molar-refractivity contribution is 5.76. The Bertz CT molecular complexity index is 409. The summed E-state index contributed by atoms with van der Waals surface area (Å²) in [6, 6.07) is 0.455. The van der Waals surface area contributed by atoms with Gasteiger partial charge in [0.2, 0.25) is 0 Å². The van der Waals surface area contributed by atoms with E-state index in [9.17, 15) is 9.59 Å². The molecule has 7 heteroatoms. The summed E-state index contributed by atoms with van der Waals surface area (Å²) in [5, 5.41) is 8.64. The molecule has 0 radical (unpaired) electrons. The second-order valence-corrected chi connectivity index (χ2v) is 6.26. The zero-order valence-corrected chi connectivity index (χ0v) is 13.0. The van der Waals surface area contributed by atoms with Crippen LogP contribution in [-0.2, 0) is 9.53 Å². The van der Waals surface area contributed by atoms with Gasteiger partial charge in [0.05, 0.1) is 13.1 Å². The van der Waals surface area contributed by atoms with Crippen molar-refractivity contribution in [3.05, 3.63) is 0 Å². The average molecular weight is 299 g/mol. The van der Waals surface area contributed by atoms with Crippen molar-refractivity contribution < 1.29 is 19.4 Å². The van der Waals surface area contributed by atoms with Gasteiger partial charge >= 0.3 is 12.0 Å². The minimum absolute atomic E-state index is 0.0398. The number of amides is 2.